The first kappa shape index (κ1) is 13.5. The predicted octanol–water partition coefficient (Wildman–Crippen LogP) is 3.15. The van der Waals surface area contributed by atoms with Crippen LogP contribution in [0, 0.1) is 17.0 Å². The summed E-state index contributed by atoms with van der Waals surface area (Å²) in [5, 5.41) is 13.1. The third-order valence-corrected chi connectivity index (χ3v) is 2.51. The molecule has 0 unspecified atom stereocenters. The molecule has 102 valence electrons. The van der Waals surface area contributed by atoms with Gasteiger partial charge in [0.2, 0.25) is 5.91 Å². The van der Waals surface area contributed by atoms with Crippen molar-refractivity contribution in [1.29, 1.82) is 0 Å². The van der Waals surface area contributed by atoms with Gasteiger partial charge in [0.25, 0.3) is 5.69 Å². The van der Waals surface area contributed by atoms with Crippen molar-refractivity contribution < 1.29 is 14.1 Å². The van der Waals surface area contributed by atoms with Crippen LogP contribution in [0.3, 0.4) is 0 Å². The third kappa shape index (κ3) is 3.55. The van der Waals surface area contributed by atoms with Gasteiger partial charge in [-0.3, -0.25) is 14.9 Å². The number of nitro benzene ring substituents is 1. The Kier molecular flexibility index (Phi) is 3.95. The van der Waals surface area contributed by atoms with E-state index in [0.29, 0.717) is 11.4 Å². The van der Waals surface area contributed by atoms with Crippen LogP contribution in [0.15, 0.2) is 46.9 Å². The van der Waals surface area contributed by atoms with Crippen LogP contribution in [0.4, 0.5) is 11.4 Å². The van der Waals surface area contributed by atoms with Gasteiger partial charge in [-0.05, 0) is 37.3 Å². The number of non-ortho nitro benzene ring substituents is 1. The van der Waals surface area contributed by atoms with E-state index in [9.17, 15) is 14.9 Å². The van der Waals surface area contributed by atoms with Gasteiger partial charge < -0.3 is 9.73 Å². The first-order valence-corrected chi connectivity index (χ1v) is 5.84. The summed E-state index contributed by atoms with van der Waals surface area (Å²) in [5.41, 5.74) is 0.463. The van der Waals surface area contributed by atoms with Gasteiger partial charge in [0, 0.05) is 23.9 Å². The van der Waals surface area contributed by atoms with Gasteiger partial charge in [0.15, 0.2) is 0 Å². The maximum atomic E-state index is 11.6. The standard InChI is InChI=1S/C14H12N2O4/c1-10-2-7-13(20-10)8-9-14(17)15-11-3-5-12(6-4-11)16(18)19/h2-9H,1H3,(H,15,17). The van der Waals surface area contributed by atoms with Crippen LogP contribution in [0.2, 0.25) is 0 Å². The van der Waals surface area contributed by atoms with E-state index in [4.69, 9.17) is 4.42 Å². The van der Waals surface area contributed by atoms with E-state index in [-0.39, 0.29) is 11.6 Å². The molecule has 1 amide bonds. The largest absolute Gasteiger partial charge is 0.462 e. The second-order valence-corrected chi connectivity index (χ2v) is 4.07. The first-order valence-electron chi connectivity index (χ1n) is 5.84. The van der Waals surface area contributed by atoms with Crippen LogP contribution < -0.4 is 5.32 Å². The van der Waals surface area contributed by atoms with Crippen LogP contribution in [0.5, 0.6) is 0 Å². The molecular weight excluding hydrogens is 260 g/mol. The average molecular weight is 272 g/mol. The van der Waals surface area contributed by atoms with E-state index in [1.165, 1.54) is 30.3 Å². The molecule has 1 heterocycles. The number of aryl methyl sites for hydroxylation is 1. The smallest absolute Gasteiger partial charge is 0.269 e. The predicted molar refractivity (Wildman–Crippen MR) is 74.2 cm³/mol. The van der Waals surface area contributed by atoms with Crippen molar-refractivity contribution in [3.8, 4) is 0 Å². The highest BCUT2D eigenvalue weighted by Gasteiger charge is 2.05. The monoisotopic (exact) mass is 272 g/mol. The number of nitrogens with zero attached hydrogens (tertiary/aromatic N) is 1. The van der Waals surface area contributed by atoms with Crippen molar-refractivity contribution in [3.63, 3.8) is 0 Å². The average Bonchev–Trinajstić information content (AvgIpc) is 2.83. The molecule has 0 atom stereocenters. The zero-order chi connectivity index (χ0) is 14.5. The minimum absolute atomic E-state index is 0.0235. The molecule has 0 saturated heterocycles. The molecule has 0 bridgehead atoms. The minimum atomic E-state index is -0.495. The normalized spacial score (nSPS) is 10.7. The lowest BCUT2D eigenvalue weighted by Crippen LogP contribution is -2.07. The van der Waals surface area contributed by atoms with Gasteiger partial charge in [-0.2, -0.15) is 0 Å². The highest BCUT2D eigenvalue weighted by Crippen LogP contribution is 2.15. The van der Waals surface area contributed by atoms with E-state index in [2.05, 4.69) is 5.32 Å². The van der Waals surface area contributed by atoms with Gasteiger partial charge in [-0.25, -0.2) is 0 Å². The zero-order valence-corrected chi connectivity index (χ0v) is 10.7. The summed E-state index contributed by atoms with van der Waals surface area (Å²) in [7, 11) is 0. The Morgan fingerprint density at radius 2 is 1.95 bits per heavy atom. The van der Waals surface area contributed by atoms with Crippen molar-refractivity contribution >= 4 is 23.4 Å². The Balaban J connectivity index is 1.97. The maximum Gasteiger partial charge on any atom is 0.269 e. The first-order chi connectivity index (χ1) is 9.54. The third-order valence-electron chi connectivity index (χ3n) is 2.51. The molecule has 0 aliphatic heterocycles. The summed E-state index contributed by atoms with van der Waals surface area (Å²) < 4.78 is 5.28. The summed E-state index contributed by atoms with van der Waals surface area (Å²) in [5.74, 6) is 1.01. The number of hydrogen-bond donors (Lipinski definition) is 1. The summed E-state index contributed by atoms with van der Waals surface area (Å²) in [4.78, 5) is 21.6. The van der Waals surface area contributed by atoms with E-state index >= 15 is 0 Å². The number of hydrogen-bond acceptors (Lipinski definition) is 4. The van der Waals surface area contributed by atoms with Crippen molar-refractivity contribution in [3.05, 3.63) is 64.1 Å². The van der Waals surface area contributed by atoms with Gasteiger partial charge >= 0.3 is 0 Å². The molecular formula is C14H12N2O4. The second-order valence-electron chi connectivity index (χ2n) is 4.07. The molecule has 1 aromatic carbocycles. The number of carbonyl (C=O) groups excluding carboxylic acids is 1. The lowest BCUT2D eigenvalue weighted by Gasteiger charge is -2.00. The molecule has 6 nitrogen and oxygen atoms in total. The van der Waals surface area contributed by atoms with Crippen LogP contribution in [-0.4, -0.2) is 10.8 Å². The summed E-state index contributed by atoms with van der Waals surface area (Å²) in [6.07, 6.45) is 2.88. The SMILES string of the molecule is Cc1ccc(C=CC(=O)Nc2ccc([N+](=O)[O-])cc2)o1. The lowest BCUT2D eigenvalue weighted by atomic mass is 10.3. The highest BCUT2D eigenvalue weighted by atomic mass is 16.6. The molecule has 6 heteroatoms. The van der Waals surface area contributed by atoms with Crippen molar-refractivity contribution in [2.45, 2.75) is 6.92 Å². The van der Waals surface area contributed by atoms with Crippen LogP contribution in [0.1, 0.15) is 11.5 Å². The molecule has 0 spiro atoms. The number of nitro groups is 1. The molecule has 0 saturated carbocycles. The van der Waals surface area contributed by atoms with E-state index in [1.807, 2.05) is 6.92 Å². The number of benzene rings is 1. The summed E-state index contributed by atoms with van der Waals surface area (Å²) in [6, 6.07) is 9.16. The number of furan rings is 1. The Labute approximate surface area is 114 Å². The summed E-state index contributed by atoms with van der Waals surface area (Å²) >= 11 is 0. The second kappa shape index (κ2) is 5.83. The van der Waals surface area contributed by atoms with Crippen LogP contribution >= 0.6 is 0 Å². The molecule has 0 radical (unpaired) electrons. The molecule has 2 aromatic rings. The Morgan fingerprint density at radius 3 is 2.50 bits per heavy atom. The Morgan fingerprint density at radius 1 is 1.25 bits per heavy atom. The lowest BCUT2D eigenvalue weighted by molar-refractivity contribution is -0.384. The molecule has 0 fully saturated rings. The molecule has 0 aliphatic carbocycles. The number of amides is 1. The van der Waals surface area contributed by atoms with Crippen molar-refractivity contribution in [2.24, 2.45) is 0 Å². The maximum absolute atomic E-state index is 11.6. The number of anilines is 1. The highest BCUT2D eigenvalue weighted by molar-refractivity contribution is 6.01. The zero-order valence-electron chi connectivity index (χ0n) is 10.7. The minimum Gasteiger partial charge on any atom is -0.462 e. The van der Waals surface area contributed by atoms with Crippen LogP contribution in [0.25, 0.3) is 6.08 Å². The van der Waals surface area contributed by atoms with Gasteiger partial charge in [0.05, 0.1) is 4.92 Å². The van der Waals surface area contributed by atoms with Crippen LogP contribution in [-0.2, 0) is 4.79 Å². The topological polar surface area (TPSA) is 85.4 Å². The van der Waals surface area contributed by atoms with Crippen molar-refractivity contribution in [2.75, 3.05) is 5.32 Å². The van der Waals surface area contributed by atoms with Gasteiger partial charge in [-0.15, -0.1) is 0 Å². The molecule has 1 aromatic heterocycles. The number of nitrogens with one attached hydrogen (secondary N) is 1. The molecule has 20 heavy (non-hydrogen) atoms. The number of rotatable bonds is 4. The van der Waals surface area contributed by atoms with Gasteiger partial charge in [0.1, 0.15) is 11.5 Å². The van der Waals surface area contributed by atoms with Crippen molar-refractivity contribution in [1.82, 2.24) is 0 Å². The Bertz CT molecular complexity index is 656. The number of carbonyl (C=O) groups is 1. The Hall–Kier alpha value is -2.89. The van der Waals surface area contributed by atoms with E-state index in [0.717, 1.165) is 5.76 Å². The quantitative estimate of drug-likeness (QED) is 0.526. The van der Waals surface area contributed by atoms with Gasteiger partial charge in [-0.1, -0.05) is 0 Å². The van der Waals surface area contributed by atoms with E-state index in [1.54, 1.807) is 18.2 Å². The molecule has 2 rings (SSSR count). The molecule has 1 N–H and O–H groups in total. The fourth-order valence-electron chi connectivity index (χ4n) is 1.55. The summed E-state index contributed by atoms with van der Waals surface area (Å²) in [6.45, 7) is 1.81. The molecule has 0 aliphatic rings. The fraction of sp³-hybridized carbons (Fsp3) is 0.0714. The fourth-order valence-corrected chi connectivity index (χ4v) is 1.55. The van der Waals surface area contributed by atoms with E-state index < -0.39 is 4.92 Å².